The predicted octanol–water partition coefficient (Wildman–Crippen LogP) is 6.06. The lowest BCUT2D eigenvalue weighted by atomic mass is 9.83. The summed E-state index contributed by atoms with van der Waals surface area (Å²) in [6.07, 6.45) is 3.01. The number of carbonyl (C=O) groups excluding carboxylic acids is 2. The van der Waals surface area contributed by atoms with E-state index in [1.165, 1.54) is 0 Å². The molecule has 1 aromatic heterocycles. The summed E-state index contributed by atoms with van der Waals surface area (Å²) in [5.41, 5.74) is 6.54. The zero-order valence-electron chi connectivity index (χ0n) is 30.5. The van der Waals surface area contributed by atoms with Crippen molar-refractivity contribution < 1.29 is 33.3 Å². The summed E-state index contributed by atoms with van der Waals surface area (Å²) in [7, 11) is 3.24. The van der Waals surface area contributed by atoms with Gasteiger partial charge >= 0.3 is 5.97 Å². The van der Waals surface area contributed by atoms with Gasteiger partial charge in [0.1, 0.15) is 29.5 Å². The van der Waals surface area contributed by atoms with Gasteiger partial charge in [-0.15, -0.1) is 0 Å². The Balaban J connectivity index is 1.03. The Hall–Kier alpha value is -5.78. The molecule has 0 aliphatic carbocycles. The van der Waals surface area contributed by atoms with E-state index in [9.17, 15) is 9.59 Å². The second kappa shape index (κ2) is 17.4. The number of nitrogens with one attached hydrogen (secondary N) is 1. The molecule has 278 valence electrons. The van der Waals surface area contributed by atoms with Crippen LogP contribution in [0.3, 0.4) is 0 Å². The number of methoxy groups -OCH3 is 2. The average molecular weight is 729 g/mol. The number of fused-ring (bicyclic) bond motifs is 3. The minimum atomic E-state index is -0.362. The van der Waals surface area contributed by atoms with Crippen LogP contribution in [0.25, 0.3) is 16.6 Å². The maximum absolute atomic E-state index is 13.8. The van der Waals surface area contributed by atoms with Gasteiger partial charge in [-0.2, -0.15) is 0 Å². The Morgan fingerprint density at radius 3 is 2.28 bits per heavy atom. The minimum Gasteiger partial charge on any atom is -0.496 e. The Kier molecular flexibility index (Phi) is 11.8. The molecular weight excluding hydrogens is 684 g/mol. The van der Waals surface area contributed by atoms with E-state index < -0.39 is 0 Å². The third-order valence-electron chi connectivity index (χ3n) is 9.76. The van der Waals surface area contributed by atoms with Crippen LogP contribution in [-0.2, 0) is 27.3 Å². The number of nitrogens with zero attached hydrogens (tertiary/aromatic N) is 3. The number of carbonyl (C=O) groups is 2. The topological polar surface area (TPSA) is 121 Å². The van der Waals surface area contributed by atoms with E-state index in [1.807, 2.05) is 102 Å². The minimum absolute atomic E-state index is 0.00377. The van der Waals surface area contributed by atoms with Crippen LogP contribution < -0.4 is 19.5 Å². The number of para-hydroxylation sites is 4. The lowest BCUT2D eigenvalue weighted by Crippen LogP contribution is -2.61. The summed E-state index contributed by atoms with van der Waals surface area (Å²) in [5.74, 6) is 1.68. The molecule has 1 N–H and O–H groups in total. The SMILES string of the molecule is COc1ccccc1COCCCOc1ccc(C2=C(COC(=O)Cc3ccccc3OC)[C@H]3CN(C(=O)c4cnc5ccccc5n4)C[C@@H](C2)N3)cc1. The highest BCUT2D eigenvalue weighted by molar-refractivity contribution is 5.94. The molecule has 2 aliphatic heterocycles. The first-order chi connectivity index (χ1) is 26.5. The van der Waals surface area contributed by atoms with E-state index >= 15 is 0 Å². The highest BCUT2D eigenvalue weighted by Gasteiger charge is 2.38. The molecule has 11 heteroatoms. The lowest BCUT2D eigenvalue weighted by Gasteiger charge is -2.44. The van der Waals surface area contributed by atoms with Crippen LogP contribution in [-0.4, -0.2) is 86.0 Å². The number of rotatable bonds is 15. The highest BCUT2D eigenvalue weighted by atomic mass is 16.5. The van der Waals surface area contributed by atoms with Crippen LogP contribution in [0.5, 0.6) is 17.2 Å². The fourth-order valence-corrected chi connectivity index (χ4v) is 7.07. The third kappa shape index (κ3) is 8.70. The average Bonchev–Trinajstić information content (AvgIpc) is 3.21. The molecule has 1 amide bonds. The molecule has 2 bridgehead atoms. The fraction of sp³-hybridized carbons (Fsp3) is 0.302. The summed E-state index contributed by atoms with van der Waals surface area (Å²) >= 11 is 0. The highest BCUT2D eigenvalue weighted by Crippen LogP contribution is 2.34. The molecule has 1 fully saturated rings. The zero-order valence-corrected chi connectivity index (χ0v) is 30.5. The summed E-state index contributed by atoms with van der Waals surface area (Å²) in [5, 5.41) is 3.69. The quantitative estimate of drug-likeness (QED) is 0.101. The maximum Gasteiger partial charge on any atom is 0.310 e. The summed E-state index contributed by atoms with van der Waals surface area (Å²) in [4.78, 5) is 37.9. The number of ether oxygens (including phenoxy) is 5. The van der Waals surface area contributed by atoms with Gasteiger partial charge in [0.2, 0.25) is 0 Å². The second-order valence-electron chi connectivity index (χ2n) is 13.3. The van der Waals surface area contributed by atoms with Gasteiger partial charge < -0.3 is 33.9 Å². The molecule has 4 aromatic carbocycles. The molecule has 0 radical (unpaired) electrons. The van der Waals surface area contributed by atoms with Gasteiger partial charge in [-0.05, 0) is 59.5 Å². The Morgan fingerprint density at radius 1 is 0.796 bits per heavy atom. The molecular formula is C43H44N4O7. The van der Waals surface area contributed by atoms with Crippen molar-refractivity contribution in [2.75, 3.05) is 47.1 Å². The molecule has 11 nitrogen and oxygen atoms in total. The monoisotopic (exact) mass is 728 g/mol. The van der Waals surface area contributed by atoms with Crippen LogP contribution in [0.15, 0.2) is 109 Å². The smallest absolute Gasteiger partial charge is 0.310 e. The van der Waals surface area contributed by atoms with Gasteiger partial charge in [0.15, 0.2) is 0 Å². The number of piperazine rings is 1. The molecule has 54 heavy (non-hydrogen) atoms. The Bertz CT molecular complexity index is 2120. The van der Waals surface area contributed by atoms with Crippen molar-refractivity contribution >= 4 is 28.5 Å². The van der Waals surface area contributed by atoms with Gasteiger partial charge in [0.25, 0.3) is 5.91 Å². The number of aromatic nitrogens is 2. The first-order valence-electron chi connectivity index (χ1n) is 18.2. The molecule has 5 aromatic rings. The normalized spacial score (nSPS) is 16.6. The van der Waals surface area contributed by atoms with E-state index in [-0.39, 0.29) is 37.0 Å². The van der Waals surface area contributed by atoms with Crippen LogP contribution >= 0.6 is 0 Å². The molecule has 2 aliphatic rings. The molecule has 3 heterocycles. The number of amides is 1. The molecule has 1 saturated heterocycles. The Morgan fingerprint density at radius 2 is 1.50 bits per heavy atom. The maximum atomic E-state index is 13.8. The number of hydrogen-bond acceptors (Lipinski definition) is 10. The van der Waals surface area contributed by atoms with Gasteiger partial charge in [-0.25, -0.2) is 4.98 Å². The fourth-order valence-electron chi connectivity index (χ4n) is 7.07. The van der Waals surface area contributed by atoms with E-state index in [2.05, 4.69) is 15.3 Å². The van der Waals surface area contributed by atoms with E-state index in [4.69, 9.17) is 23.7 Å². The van der Waals surface area contributed by atoms with Crippen LogP contribution in [0.4, 0.5) is 0 Å². The molecule has 0 spiro atoms. The van der Waals surface area contributed by atoms with Gasteiger partial charge in [-0.1, -0.05) is 60.7 Å². The first-order valence-corrected chi connectivity index (χ1v) is 18.2. The van der Waals surface area contributed by atoms with Crippen molar-refractivity contribution in [3.8, 4) is 17.2 Å². The summed E-state index contributed by atoms with van der Waals surface area (Å²) < 4.78 is 28.7. The van der Waals surface area contributed by atoms with Crippen LogP contribution in [0.1, 0.15) is 40.0 Å². The van der Waals surface area contributed by atoms with Gasteiger partial charge in [0, 0.05) is 36.7 Å². The second-order valence-corrected chi connectivity index (χ2v) is 13.3. The van der Waals surface area contributed by atoms with Crippen LogP contribution in [0.2, 0.25) is 0 Å². The largest absolute Gasteiger partial charge is 0.496 e. The summed E-state index contributed by atoms with van der Waals surface area (Å²) in [6.45, 7) is 2.54. The lowest BCUT2D eigenvalue weighted by molar-refractivity contribution is -0.142. The van der Waals surface area contributed by atoms with Crippen LogP contribution in [0, 0.1) is 0 Å². The number of hydrogen-bond donors (Lipinski definition) is 1. The standard InChI is InChI=1S/C43H44N4O7/c1-50-40-14-7-3-10-30(40)22-42(48)54-28-35-34(29-16-18-33(19-17-29)53-21-9-20-52-27-31-11-4-8-15-41(31)51-2)23-32-25-47(26-39(35)45-32)43(49)38-24-44-36-12-5-6-13-37(36)46-38/h3-8,10-19,24,32,39,45H,9,20-23,25-28H2,1-2H3/t32-,39-/m1/s1. The molecule has 0 saturated carbocycles. The van der Waals surface area contributed by atoms with Crippen molar-refractivity contribution in [3.05, 3.63) is 131 Å². The zero-order chi connectivity index (χ0) is 37.3. The first kappa shape index (κ1) is 36.6. The number of benzene rings is 4. The van der Waals surface area contributed by atoms with Gasteiger partial charge in [-0.3, -0.25) is 14.6 Å². The molecule has 7 rings (SSSR count). The third-order valence-corrected chi connectivity index (χ3v) is 9.76. The van der Waals surface area contributed by atoms with E-state index in [1.54, 1.807) is 20.4 Å². The van der Waals surface area contributed by atoms with Crippen molar-refractivity contribution in [2.45, 2.75) is 38.0 Å². The molecule has 2 atom stereocenters. The Labute approximate surface area is 314 Å². The van der Waals surface area contributed by atoms with Crippen molar-refractivity contribution in [2.24, 2.45) is 0 Å². The van der Waals surface area contributed by atoms with Crippen molar-refractivity contribution in [3.63, 3.8) is 0 Å². The van der Waals surface area contributed by atoms with E-state index in [0.29, 0.717) is 56.3 Å². The predicted molar refractivity (Wildman–Crippen MR) is 205 cm³/mol. The van der Waals surface area contributed by atoms with Crippen molar-refractivity contribution in [1.82, 2.24) is 20.2 Å². The summed E-state index contributed by atoms with van der Waals surface area (Å²) in [6, 6.07) is 30.6. The van der Waals surface area contributed by atoms with E-state index in [0.717, 1.165) is 51.3 Å². The van der Waals surface area contributed by atoms with Crippen molar-refractivity contribution in [1.29, 1.82) is 0 Å². The molecule has 0 unspecified atom stereocenters. The van der Waals surface area contributed by atoms with Gasteiger partial charge in [0.05, 0.1) is 63.7 Å². The number of esters is 1.